The molecule has 1 aliphatic rings. The summed E-state index contributed by atoms with van der Waals surface area (Å²) in [5, 5.41) is 4.86. The zero-order valence-corrected chi connectivity index (χ0v) is 34.5. The summed E-state index contributed by atoms with van der Waals surface area (Å²) in [5.74, 6) is -2.33. The minimum Gasteiger partial charge on any atom is -0.493 e. The van der Waals surface area contributed by atoms with Crippen molar-refractivity contribution in [3.8, 4) is 22.6 Å². The van der Waals surface area contributed by atoms with Crippen LogP contribution in [0.5, 0.6) is 11.5 Å². The van der Waals surface area contributed by atoms with Crippen LogP contribution in [0.2, 0.25) is 0 Å². The van der Waals surface area contributed by atoms with Crippen molar-refractivity contribution in [2.45, 2.75) is 43.8 Å². The van der Waals surface area contributed by atoms with Gasteiger partial charge in [-0.3, -0.25) is 13.9 Å². The summed E-state index contributed by atoms with van der Waals surface area (Å²) in [6, 6.07) is 38.4. The Balaban J connectivity index is 1.07. The Morgan fingerprint density at radius 3 is 1.94 bits per heavy atom. The fourth-order valence-corrected chi connectivity index (χ4v) is 8.41. The molecule has 10 nitrogen and oxygen atoms in total. The van der Waals surface area contributed by atoms with Crippen LogP contribution in [-0.4, -0.2) is 43.0 Å². The number of aromatic nitrogens is 5. The number of amides is 1. The molecule has 0 unspecified atom stereocenters. The van der Waals surface area contributed by atoms with Gasteiger partial charge in [0.25, 0.3) is 0 Å². The first-order valence-corrected chi connectivity index (χ1v) is 20.3. The fourth-order valence-electron chi connectivity index (χ4n) is 8.41. The molecule has 8 aromatic rings. The molecule has 2 heterocycles. The van der Waals surface area contributed by atoms with Crippen LogP contribution >= 0.6 is 0 Å². The normalized spacial score (nSPS) is 13.0. The van der Waals surface area contributed by atoms with Crippen LogP contribution in [0, 0.1) is 11.6 Å². The van der Waals surface area contributed by atoms with Gasteiger partial charge < -0.3 is 14.4 Å². The Labute approximate surface area is 363 Å². The summed E-state index contributed by atoms with van der Waals surface area (Å²) in [5.41, 5.74) is -0.126. The number of alkyl halides is 3. The van der Waals surface area contributed by atoms with Gasteiger partial charge in [0.1, 0.15) is 30.8 Å². The van der Waals surface area contributed by atoms with Crippen LogP contribution in [0.1, 0.15) is 40.9 Å². The lowest BCUT2D eigenvalue weighted by molar-refractivity contribution is -0.137. The standard InChI is InChI=1S/C49H39F5N6O4/c1-57-45-39(26-35(49(52,53)54)27-41(45)58(47(57)62)28-44(61)60(38-22-23-38)37-20-18-36(50)19-21-37)31-24-40(51)46(42(25-31)63-2)64-29-43-55-30-59(56-43)48(32-12-6-3-7-13-32,33-14-8-4-9-15-33)34-16-10-5-11-17-34/h3-21,24-27,30,38H,22-23,28-29H2,1-2H3. The molecule has 1 fully saturated rings. The zero-order valence-electron chi connectivity index (χ0n) is 34.5. The maximum Gasteiger partial charge on any atom is 0.416 e. The highest BCUT2D eigenvalue weighted by Gasteiger charge is 2.40. The first-order valence-electron chi connectivity index (χ1n) is 20.3. The number of anilines is 1. The molecule has 6 aromatic carbocycles. The Bertz CT molecular complexity index is 2940. The highest BCUT2D eigenvalue weighted by Crippen LogP contribution is 2.43. The van der Waals surface area contributed by atoms with Crippen molar-refractivity contribution in [3.05, 3.63) is 196 Å². The number of imidazole rings is 1. The second kappa shape index (κ2) is 16.6. The fraction of sp³-hybridized carbons (Fsp3) is 0.184. The van der Waals surface area contributed by atoms with Crippen molar-refractivity contribution >= 4 is 22.6 Å². The molecule has 0 bridgehead atoms. The van der Waals surface area contributed by atoms with E-state index in [1.165, 1.54) is 49.4 Å². The average Bonchev–Trinajstić information content (AvgIpc) is 3.97. The van der Waals surface area contributed by atoms with Crippen molar-refractivity contribution in [2.24, 2.45) is 7.05 Å². The van der Waals surface area contributed by atoms with Crippen LogP contribution in [0.4, 0.5) is 27.6 Å². The lowest BCUT2D eigenvalue weighted by Crippen LogP contribution is -2.38. The molecule has 1 saturated carbocycles. The minimum atomic E-state index is -4.89. The molecule has 0 spiro atoms. The molecule has 0 N–H and O–H groups in total. The highest BCUT2D eigenvalue weighted by molar-refractivity contribution is 5.97. The number of methoxy groups -OCH3 is 1. The van der Waals surface area contributed by atoms with E-state index in [-0.39, 0.29) is 52.1 Å². The summed E-state index contributed by atoms with van der Waals surface area (Å²) in [4.78, 5) is 33.7. The van der Waals surface area contributed by atoms with E-state index in [4.69, 9.17) is 14.6 Å². The summed E-state index contributed by atoms with van der Waals surface area (Å²) in [6.45, 7) is -0.925. The summed E-state index contributed by atoms with van der Waals surface area (Å²) >= 11 is 0. The van der Waals surface area contributed by atoms with Crippen molar-refractivity contribution in [3.63, 3.8) is 0 Å². The largest absolute Gasteiger partial charge is 0.493 e. The lowest BCUT2D eigenvalue weighted by atomic mass is 9.77. The van der Waals surface area contributed by atoms with E-state index in [1.807, 2.05) is 91.0 Å². The van der Waals surface area contributed by atoms with E-state index >= 15 is 4.39 Å². The second-order valence-electron chi connectivity index (χ2n) is 15.5. The van der Waals surface area contributed by atoms with Crippen molar-refractivity contribution < 1.29 is 36.2 Å². The van der Waals surface area contributed by atoms with Gasteiger partial charge in [-0.2, -0.15) is 18.3 Å². The first kappa shape index (κ1) is 41.8. The van der Waals surface area contributed by atoms with E-state index in [0.717, 1.165) is 44.0 Å². The number of nitrogens with zero attached hydrogens (tertiary/aromatic N) is 6. The number of rotatable bonds is 13. The number of aryl methyl sites for hydroxylation is 1. The minimum absolute atomic E-state index is 0.0224. The average molecular weight is 871 g/mol. The van der Waals surface area contributed by atoms with Crippen molar-refractivity contribution in [1.29, 1.82) is 0 Å². The maximum atomic E-state index is 16.4. The third kappa shape index (κ3) is 7.56. The van der Waals surface area contributed by atoms with Gasteiger partial charge in [-0.25, -0.2) is 23.2 Å². The number of hydrogen-bond acceptors (Lipinski definition) is 6. The Morgan fingerprint density at radius 1 is 0.797 bits per heavy atom. The molecule has 0 saturated heterocycles. The molecule has 15 heteroatoms. The van der Waals surface area contributed by atoms with E-state index in [2.05, 4.69) is 4.98 Å². The van der Waals surface area contributed by atoms with Gasteiger partial charge in [-0.15, -0.1) is 0 Å². The quantitative estimate of drug-likeness (QED) is 0.0847. The predicted octanol–water partition coefficient (Wildman–Crippen LogP) is 9.52. The topological polar surface area (TPSA) is 96.4 Å². The van der Waals surface area contributed by atoms with Gasteiger partial charge in [0.15, 0.2) is 23.1 Å². The van der Waals surface area contributed by atoms with E-state index in [9.17, 15) is 27.2 Å². The second-order valence-corrected chi connectivity index (χ2v) is 15.5. The third-order valence-electron chi connectivity index (χ3n) is 11.5. The van der Waals surface area contributed by atoms with E-state index in [0.29, 0.717) is 18.5 Å². The van der Waals surface area contributed by atoms with Crippen LogP contribution < -0.4 is 20.1 Å². The zero-order chi connectivity index (χ0) is 44.8. The molecular formula is C49H39F5N6O4. The number of ether oxygens (including phenoxy) is 2. The van der Waals surface area contributed by atoms with Gasteiger partial charge in [0.05, 0.1) is 23.7 Å². The van der Waals surface area contributed by atoms with Crippen molar-refractivity contribution in [1.82, 2.24) is 23.9 Å². The SMILES string of the molecule is COc1cc(-c2cc(C(F)(F)F)cc3c2n(C)c(=O)n3CC(=O)N(c2ccc(F)cc2)C2CC2)cc(F)c1OCc1ncn(C(c2ccccc2)(c2ccccc2)c2ccccc2)n1. The number of carbonyl (C=O) groups is 1. The highest BCUT2D eigenvalue weighted by atomic mass is 19.4. The van der Waals surface area contributed by atoms with Crippen LogP contribution in [0.25, 0.3) is 22.2 Å². The Morgan fingerprint density at radius 2 is 1.39 bits per heavy atom. The maximum absolute atomic E-state index is 16.4. The number of benzene rings is 6. The van der Waals surface area contributed by atoms with E-state index in [1.54, 1.807) is 11.0 Å². The number of hydrogen-bond donors (Lipinski definition) is 0. The summed E-state index contributed by atoms with van der Waals surface area (Å²) < 4.78 is 89.3. The summed E-state index contributed by atoms with van der Waals surface area (Å²) in [7, 11) is 2.62. The van der Waals surface area contributed by atoms with Gasteiger partial charge in [0, 0.05) is 24.3 Å². The molecule has 2 aromatic heterocycles. The smallest absolute Gasteiger partial charge is 0.416 e. The molecule has 64 heavy (non-hydrogen) atoms. The predicted molar refractivity (Wildman–Crippen MR) is 230 cm³/mol. The molecule has 0 atom stereocenters. The Hall–Kier alpha value is -7.55. The van der Waals surface area contributed by atoms with Gasteiger partial charge in [0.2, 0.25) is 5.91 Å². The molecule has 0 radical (unpaired) electrons. The van der Waals surface area contributed by atoms with Gasteiger partial charge in [-0.05, 0) is 83.6 Å². The van der Waals surface area contributed by atoms with Crippen LogP contribution in [0.15, 0.2) is 151 Å². The first-order chi connectivity index (χ1) is 30.9. The van der Waals surface area contributed by atoms with Gasteiger partial charge >= 0.3 is 11.9 Å². The number of carbonyl (C=O) groups excluding carboxylic acids is 1. The number of fused-ring (bicyclic) bond motifs is 1. The molecule has 9 rings (SSSR count). The summed E-state index contributed by atoms with van der Waals surface area (Å²) in [6.07, 6.45) is -1.98. The molecular weight excluding hydrogens is 832 g/mol. The third-order valence-corrected chi connectivity index (χ3v) is 11.5. The Kier molecular flexibility index (Phi) is 10.9. The molecule has 1 aliphatic carbocycles. The van der Waals surface area contributed by atoms with Crippen molar-refractivity contribution in [2.75, 3.05) is 12.0 Å². The van der Waals surface area contributed by atoms with Crippen LogP contribution in [0.3, 0.4) is 0 Å². The number of halogens is 5. The monoisotopic (exact) mass is 870 g/mol. The molecule has 1 amide bonds. The van der Waals surface area contributed by atoms with Crippen LogP contribution in [-0.2, 0) is 36.7 Å². The molecule has 0 aliphatic heterocycles. The lowest BCUT2D eigenvalue weighted by Gasteiger charge is -2.35. The molecule has 324 valence electrons. The van der Waals surface area contributed by atoms with E-state index < -0.39 is 47.1 Å². The van der Waals surface area contributed by atoms with Gasteiger partial charge in [-0.1, -0.05) is 91.0 Å².